The molecule has 1 aliphatic heterocycles. The normalized spacial score (nSPS) is 20.6. The molecule has 0 bridgehead atoms. The number of aromatic nitrogens is 4. The lowest BCUT2D eigenvalue weighted by Gasteiger charge is -2.37. The molecule has 3 aromatic rings. The Labute approximate surface area is 144 Å². The van der Waals surface area contributed by atoms with Crippen LogP contribution < -0.4 is 4.90 Å². The molecule has 0 aliphatic carbocycles. The van der Waals surface area contributed by atoms with Crippen LogP contribution in [0.25, 0.3) is 11.0 Å². The Kier molecular flexibility index (Phi) is 3.78. The average molecular weight is 336 g/mol. The predicted molar refractivity (Wildman–Crippen MR) is 88.8 cm³/mol. The van der Waals surface area contributed by atoms with Crippen molar-refractivity contribution in [3.63, 3.8) is 0 Å². The van der Waals surface area contributed by atoms with E-state index < -0.39 is 0 Å². The summed E-state index contributed by atoms with van der Waals surface area (Å²) < 4.78 is 11.2. The summed E-state index contributed by atoms with van der Waals surface area (Å²) in [6.07, 6.45) is 2.90. The van der Waals surface area contributed by atoms with Gasteiger partial charge in [0.1, 0.15) is 17.1 Å². The zero-order valence-corrected chi connectivity index (χ0v) is 13.9. The molecule has 8 heteroatoms. The van der Waals surface area contributed by atoms with Crippen LogP contribution in [0.4, 0.5) is 5.69 Å². The second-order valence-corrected chi connectivity index (χ2v) is 6.02. The van der Waals surface area contributed by atoms with Gasteiger partial charge in [0.25, 0.3) is 5.89 Å². The van der Waals surface area contributed by atoms with Crippen molar-refractivity contribution in [1.29, 1.82) is 5.26 Å². The molecule has 1 aliphatic rings. The number of hydrogen-bond donors (Lipinski definition) is 0. The SMILES string of the molecule is Cc1noc([C@H]2CN(c3ccc(C#N)c4nccnc34)C[C@@H](C)O2)n1. The van der Waals surface area contributed by atoms with E-state index in [2.05, 4.69) is 31.1 Å². The molecule has 1 aromatic carbocycles. The second-order valence-electron chi connectivity index (χ2n) is 6.02. The van der Waals surface area contributed by atoms with Gasteiger partial charge in [0.15, 0.2) is 11.9 Å². The molecule has 8 nitrogen and oxygen atoms in total. The standard InChI is InChI=1S/C17H16N6O2/c1-10-8-23(9-14(24-10)17-21-11(2)22-25-17)13-4-3-12(7-18)15-16(13)20-6-5-19-15/h3-6,10,14H,8-9H2,1-2H3/t10-,14-/m1/s1. The summed E-state index contributed by atoms with van der Waals surface area (Å²) in [6.45, 7) is 5.03. The third-order valence-corrected chi connectivity index (χ3v) is 4.14. The number of aryl methyl sites for hydroxylation is 1. The number of hydrogen-bond acceptors (Lipinski definition) is 8. The lowest BCUT2D eigenvalue weighted by Crippen LogP contribution is -2.43. The number of nitrogens with zero attached hydrogens (tertiary/aromatic N) is 6. The molecule has 3 heterocycles. The summed E-state index contributed by atoms with van der Waals surface area (Å²) in [7, 11) is 0. The molecule has 0 saturated carbocycles. The molecule has 4 rings (SSSR count). The van der Waals surface area contributed by atoms with Crippen LogP contribution in [0.2, 0.25) is 0 Å². The van der Waals surface area contributed by atoms with Gasteiger partial charge in [0, 0.05) is 18.9 Å². The van der Waals surface area contributed by atoms with E-state index in [-0.39, 0.29) is 12.2 Å². The summed E-state index contributed by atoms with van der Waals surface area (Å²) in [6, 6.07) is 5.85. The van der Waals surface area contributed by atoms with Gasteiger partial charge in [-0.1, -0.05) is 5.16 Å². The number of ether oxygens (including phenoxy) is 1. The number of nitriles is 1. The van der Waals surface area contributed by atoms with E-state index in [1.54, 1.807) is 25.4 Å². The van der Waals surface area contributed by atoms with Gasteiger partial charge in [-0.2, -0.15) is 10.2 Å². The molecule has 2 atom stereocenters. The summed E-state index contributed by atoms with van der Waals surface area (Å²) in [4.78, 5) is 15.2. The predicted octanol–water partition coefficient (Wildman–Crippen LogP) is 2.16. The quantitative estimate of drug-likeness (QED) is 0.701. The first-order valence-electron chi connectivity index (χ1n) is 8.00. The Bertz CT molecular complexity index is 963. The maximum Gasteiger partial charge on any atom is 0.257 e. The van der Waals surface area contributed by atoms with Crippen LogP contribution in [-0.2, 0) is 4.74 Å². The van der Waals surface area contributed by atoms with Crippen LogP contribution in [0, 0.1) is 18.3 Å². The van der Waals surface area contributed by atoms with Gasteiger partial charge >= 0.3 is 0 Å². The minimum Gasteiger partial charge on any atom is -0.364 e. The minimum absolute atomic E-state index is 0.0201. The van der Waals surface area contributed by atoms with Gasteiger partial charge in [-0.05, 0) is 26.0 Å². The van der Waals surface area contributed by atoms with E-state index in [4.69, 9.17) is 9.26 Å². The smallest absolute Gasteiger partial charge is 0.257 e. The molecule has 1 fully saturated rings. The Morgan fingerprint density at radius 2 is 2.00 bits per heavy atom. The Hall–Kier alpha value is -3.05. The fourth-order valence-corrected chi connectivity index (χ4v) is 3.12. The van der Waals surface area contributed by atoms with Crippen LogP contribution >= 0.6 is 0 Å². The highest BCUT2D eigenvalue weighted by Crippen LogP contribution is 2.32. The highest BCUT2D eigenvalue weighted by atomic mass is 16.5. The highest BCUT2D eigenvalue weighted by molar-refractivity contribution is 5.92. The number of anilines is 1. The van der Waals surface area contributed by atoms with Gasteiger partial charge in [-0.15, -0.1) is 0 Å². The maximum atomic E-state index is 9.29. The van der Waals surface area contributed by atoms with E-state index in [9.17, 15) is 5.26 Å². The molecule has 1 saturated heterocycles. The van der Waals surface area contributed by atoms with Crippen molar-refractivity contribution < 1.29 is 9.26 Å². The van der Waals surface area contributed by atoms with Gasteiger partial charge < -0.3 is 14.2 Å². The molecule has 2 aromatic heterocycles. The van der Waals surface area contributed by atoms with Crippen LogP contribution in [0.3, 0.4) is 0 Å². The summed E-state index contributed by atoms with van der Waals surface area (Å²) >= 11 is 0. The van der Waals surface area contributed by atoms with E-state index in [0.29, 0.717) is 41.4 Å². The maximum absolute atomic E-state index is 9.29. The van der Waals surface area contributed by atoms with Crippen LogP contribution in [0.1, 0.15) is 30.3 Å². The second kappa shape index (κ2) is 6.11. The molecule has 0 unspecified atom stereocenters. The molecule has 126 valence electrons. The lowest BCUT2D eigenvalue weighted by molar-refractivity contribution is -0.0330. The fraction of sp³-hybridized carbons (Fsp3) is 0.353. The van der Waals surface area contributed by atoms with Crippen LogP contribution in [0.5, 0.6) is 0 Å². The highest BCUT2D eigenvalue weighted by Gasteiger charge is 2.31. The summed E-state index contributed by atoms with van der Waals surface area (Å²) in [5.41, 5.74) is 2.73. The van der Waals surface area contributed by atoms with Crippen LogP contribution in [-0.4, -0.2) is 39.3 Å². The monoisotopic (exact) mass is 336 g/mol. The summed E-state index contributed by atoms with van der Waals surface area (Å²) in [5.74, 6) is 1.05. The van der Waals surface area contributed by atoms with E-state index >= 15 is 0 Å². The van der Waals surface area contributed by atoms with Crippen molar-refractivity contribution in [2.45, 2.75) is 26.1 Å². The van der Waals surface area contributed by atoms with Gasteiger partial charge in [0.2, 0.25) is 0 Å². The van der Waals surface area contributed by atoms with Gasteiger partial charge in [-0.3, -0.25) is 9.97 Å². The first-order chi connectivity index (χ1) is 12.2. The zero-order valence-electron chi connectivity index (χ0n) is 13.9. The number of rotatable bonds is 2. The van der Waals surface area contributed by atoms with Crippen molar-refractivity contribution >= 4 is 16.7 Å². The first-order valence-corrected chi connectivity index (χ1v) is 8.00. The fourth-order valence-electron chi connectivity index (χ4n) is 3.12. The van der Waals surface area contributed by atoms with Crippen molar-refractivity contribution in [2.24, 2.45) is 0 Å². The topological polar surface area (TPSA) is 101 Å². The zero-order chi connectivity index (χ0) is 17.4. The van der Waals surface area contributed by atoms with Crippen LogP contribution in [0.15, 0.2) is 29.0 Å². The van der Waals surface area contributed by atoms with E-state index in [1.807, 2.05) is 13.0 Å². The van der Waals surface area contributed by atoms with Crippen molar-refractivity contribution in [3.05, 3.63) is 41.8 Å². The molecule has 0 N–H and O–H groups in total. The molecule has 0 amide bonds. The van der Waals surface area contributed by atoms with Crippen molar-refractivity contribution in [1.82, 2.24) is 20.1 Å². The first kappa shape index (κ1) is 15.5. The molecule has 0 radical (unpaired) electrons. The van der Waals surface area contributed by atoms with E-state index in [1.165, 1.54) is 0 Å². The Morgan fingerprint density at radius 1 is 1.20 bits per heavy atom. The third-order valence-electron chi connectivity index (χ3n) is 4.14. The van der Waals surface area contributed by atoms with Gasteiger partial charge in [-0.25, -0.2) is 0 Å². The number of fused-ring (bicyclic) bond motifs is 1. The minimum atomic E-state index is -0.313. The average Bonchev–Trinajstić information content (AvgIpc) is 3.06. The molecule has 25 heavy (non-hydrogen) atoms. The molecular weight excluding hydrogens is 320 g/mol. The summed E-state index contributed by atoms with van der Waals surface area (Å²) in [5, 5.41) is 13.1. The lowest BCUT2D eigenvalue weighted by atomic mass is 10.1. The van der Waals surface area contributed by atoms with Crippen molar-refractivity contribution in [2.75, 3.05) is 18.0 Å². The number of morpholine rings is 1. The van der Waals surface area contributed by atoms with Gasteiger partial charge in [0.05, 0.1) is 23.9 Å². The third kappa shape index (κ3) is 2.79. The molecule has 0 spiro atoms. The van der Waals surface area contributed by atoms with Crippen molar-refractivity contribution in [3.8, 4) is 6.07 Å². The molecular formula is C17H16N6O2. The number of benzene rings is 1. The van der Waals surface area contributed by atoms with E-state index in [0.717, 1.165) is 5.69 Å². The largest absolute Gasteiger partial charge is 0.364 e. The Morgan fingerprint density at radius 3 is 2.72 bits per heavy atom. The Balaban J connectivity index is 1.74.